The van der Waals surface area contributed by atoms with Crippen LogP contribution in [0, 0.1) is 16.0 Å². The number of nitrogens with two attached hydrogens (primary N) is 1. The summed E-state index contributed by atoms with van der Waals surface area (Å²) in [6, 6.07) is 5.61. The number of anilines is 1. The second kappa shape index (κ2) is 6.38. The number of hydrogen-bond donors (Lipinski definition) is 2. The van der Waals surface area contributed by atoms with Crippen molar-refractivity contribution in [2.75, 3.05) is 32.6 Å². The molecule has 0 bridgehead atoms. The fourth-order valence-electron chi connectivity index (χ4n) is 3.06. The smallest absolute Gasteiger partial charge is 0.293 e. The van der Waals surface area contributed by atoms with Crippen LogP contribution in [0.15, 0.2) is 18.2 Å². The maximum atomic E-state index is 10.9. The van der Waals surface area contributed by atoms with E-state index in [1.54, 1.807) is 12.1 Å². The number of nitrogens with one attached hydrogen (secondary N) is 1. The largest absolute Gasteiger partial charge is 0.318 e. The van der Waals surface area contributed by atoms with Crippen molar-refractivity contribution in [3.05, 3.63) is 33.9 Å². The van der Waals surface area contributed by atoms with Gasteiger partial charge in [0.05, 0.1) is 4.92 Å². The number of nitro groups is 1. The van der Waals surface area contributed by atoms with Crippen molar-refractivity contribution >= 4 is 11.4 Å². The van der Waals surface area contributed by atoms with E-state index >= 15 is 0 Å². The van der Waals surface area contributed by atoms with Crippen molar-refractivity contribution in [3.8, 4) is 0 Å². The molecule has 116 valence electrons. The topological polar surface area (TPSA) is 87.7 Å². The summed E-state index contributed by atoms with van der Waals surface area (Å²) in [6.07, 6.45) is 0. The number of benzene rings is 1. The van der Waals surface area contributed by atoms with Crippen molar-refractivity contribution < 1.29 is 4.92 Å². The maximum Gasteiger partial charge on any atom is 0.293 e. The zero-order valence-electron chi connectivity index (χ0n) is 12.7. The average molecular weight is 293 g/mol. The van der Waals surface area contributed by atoms with E-state index in [1.165, 1.54) is 6.07 Å². The molecule has 1 aliphatic heterocycles. The number of hydrogen-bond acceptors (Lipinski definition) is 6. The Labute approximate surface area is 124 Å². The van der Waals surface area contributed by atoms with E-state index in [0.717, 1.165) is 25.2 Å². The summed E-state index contributed by atoms with van der Waals surface area (Å²) in [5.41, 5.74) is 3.80. The van der Waals surface area contributed by atoms with E-state index in [1.807, 2.05) is 0 Å². The summed E-state index contributed by atoms with van der Waals surface area (Å²) in [7, 11) is 4.21. The Bertz CT molecular complexity index is 520. The molecule has 7 heteroatoms. The lowest BCUT2D eigenvalue weighted by Crippen LogP contribution is -2.34. The predicted molar refractivity (Wildman–Crippen MR) is 82.8 cm³/mol. The van der Waals surface area contributed by atoms with Crippen LogP contribution >= 0.6 is 0 Å². The van der Waals surface area contributed by atoms with Gasteiger partial charge in [0.15, 0.2) is 0 Å². The summed E-state index contributed by atoms with van der Waals surface area (Å²) in [6.45, 7) is 5.08. The van der Waals surface area contributed by atoms with Crippen LogP contribution in [0.4, 0.5) is 11.4 Å². The van der Waals surface area contributed by atoms with E-state index < -0.39 is 4.92 Å². The molecular weight excluding hydrogens is 270 g/mol. The fourth-order valence-corrected chi connectivity index (χ4v) is 3.06. The molecule has 2 rings (SSSR count). The SMILES string of the molecule is CC1CN(Cc2ccc([N+](=O)[O-])c(NN)c2)CC1N(C)C. The molecule has 1 aliphatic rings. The molecule has 0 aromatic heterocycles. The number of likely N-dealkylation sites (N-methyl/N-ethyl adjacent to an activating group) is 1. The molecule has 0 aliphatic carbocycles. The van der Waals surface area contributed by atoms with E-state index in [9.17, 15) is 10.1 Å². The van der Waals surface area contributed by atoms with Crippen LogP contribution in [0.1, 0.15) is 12.5 Å². The minimum Gasteiger partial charge on any atom is -0.318 e. The van der Waals surface area contributed by atoms with Gasteiger partial charge in [-0.2, -0.15) is 0 Å². The number of nitro benzene ring substituents is 1. The van der Waals surface area contributed by atoms with Crippen LogP contribution in [0.3, 0.4) is 0 Å². The fraction of sp³-hybridized carbons (Fsp3) is 0.571. The summed E-state index contributed by atoms with van der Waals surface area (Å²) in [5.74, 6) is 5.99. The van der Waals surface area contributed by atoms with Gasteiger partial charge < -0.3 is 10.3 Å². The number of rotatable bonds is 5. The van der Waals surface area contributed by atoms with Crippen LogP contribution in [0.5, 0.6) is 0 Å². The number of hydrazine groups is 1. The first-order chi connectivity index (χ1) is 9.92. The standard InChI is InChI=1S/C14H23N5O2/c1-10-7-18(9-14(10)17(2)3)8-11-4-5-13(19(20)21)12(6-11)16-15/h4-6,10,14,16H,7-9,15H2,1-3H3. The van der Waals surface area contributed by atoms with Crippen molar-refractivity contribution in [1.82, 2.24) is 9.80 Å². The highest BCUT2D eigenvalue weighted by atomic mass is 16.6. The minimum absolute atomic E-state index is 0.00204. The van der Waals surface area contributed by atoms with Crippen molar-refractivity contribution in [2.24, 2.45) is 11.8 Å². The maximum absolute atomic E-state index is 10.9. The molecule has 1 heterocycles. The Kier molecular flexibility index (Phi) is 4.76. The Balaban J connectivity index is 2.09. The normalized spacial score (nSPS) is 22.7. The van der Waals surface area contributed by atoms with Crippen molar-refractivity contribution in [1.29, 1.82) is 0 Å². The van der Waals surface area contributed by atoms with Gasteiger partial charge in [-0.15, -0.1) is 0 Å². The van der Waals surface area contributed by atoms with Crippen molar-refractivity contribution in [2.45, 2.75) is 19.5 Å². The van der Waals surface area contributed by atoms with Gasteiger partial charge in [0.2, 0.25) is 0 Å². The quantitative estimate of drug-likeness (QED) is 0.483. The molecule has 7 nitrogen and oxygen atoms in total. The second-order valence-corrected chi connectivity index (χ2v) is 5.96. The molecule has 1 fully saturated rings. The Morgan fingerprint density at radius 2 is 2.19 bits per heavy atom. The van der Waals surface area contributed by atoms with E-state index in [0.29, 0.717) is 17.6 Å². The first-order valence-corrected chi connectivity index (χ1v) is 7.05. The third-order valence-electron chi connectivity index (χ3n) is 4.13. The number of nitrogens with zero attached hydrogens (tertiary/aromatic N) is 3. The van der Waals surface area contributed by atoms with Gasteiger partial charge in [0.25, 0.3) is 5.69 Å². The molecule has 1 saturated heterocycles. The third-order valence-corrected chi connectivity index (χ3v) is 4.13. The zero-order valence-corrected chi connectivity index (χ0v) is 12.7. The molecule has 2 unspecified atom stereocenters. The molecule has 0 radical (unpaired) electrons. The van der Waals surface area contributed by atoms with E-state index in [2.05, 4.69) is 36.2 Å². The Morgan fingerprint density at radius 3 is 2.71 bits per heavy atom. The Morgan fingerprint density at radius 1 is 1.48 bits per heavy atom. The van der Waals surface area contributed by atoms with Crippen LogP contribution in [0.2, 0.25) is 0 Å². The summed E-state index contributed by atoms with van der Waals surface area (Å²) in [5, 5.41) is 10.9. The van der Waals surface area contributed by atoms with Crippen molar-refractivity contribution in [3.63, 3.8) is 0 Å². The van der Waals surface area contributed by atoms with Crippen LogP contribution < -0.4 is 11.3 Å². The van der Waals surface area contributed by atoms with Gasteiger partial charge >= 0.3 is 0 Å². The van der Waals surface area contributed by atoms with Crippen LogP contribution in [-0.2, 0) is 6.54 Å². The second-order valence-electron chi connectivity index (χ2n) is 5.96. The van der Waals surface area contributed by atoms with Gasteiger partial charge in [-0.3, -0.25) is 20.9 Å². The molecule has 2 atom stereocenters. The average Bonchev–Trinajstić information content (AvgIpc) is 2.79. The van der Waals surface area contributed by atoms with Gasteiger partial charge in [-0.25, -0.2) is 0 Å². The first kappa shape index (κ1) is 15.7. The predicted octanol–water partition coefficient (Wildman–Crippen LogP) is 1.26. The lowest BCUT2D eigenvalue weighted by Gasteiger charge is -2.22. The van der Waals surface area contributed by atoms with Crippen LogP contribution in [-0.4, -0.2) is 47.9 Å². The molecule has 1 aromatic carbocycles. The summed E-state index contributed by atoms with van der Waals surface area (Å²) in [4.78, 5) is 15.1. The molecule has 21 heavy (non-hydrogen) atoms. The van der Waals surface area contributed by atoms with Gasteiger partial charge in [0.1, 0.15) is 5.69 Å². The van der Waals surface area contributed by atoms with Crippen LogP contribution in [0.25, 0.3) is 0 Å². The highest BCUT2D eigenvalue weighted by Gasteiger charge is 2.30. The lowest BCUT2D eigenvalue weighted by atomic mass is 10.1. The molecule has 0 spiro atoms. The molecular formula is C14H23N5O2. The monoisotopic (exact) mass is 293 g/mol. The molecule has 3 N–H and O–H groups in total. The third kappa shape index (κ3) is 3.49. The van der Waals surface area contributed by atoms with Gasteiger partial charge in [-0.05, 0) is 31.6 Å². The van der Waals surface area contributed by atoms with E-state index in [4.69, 9.17) is 5.84 Å². The van der Waals surface area contributed by atoms with E-state index in [-0.39, 0.29) is 5.69 Å². The van der Waals surface area contributed by atoms with Gasteiger partial charge in [-0.1, -0.05) is 13.0 Å². The number of nitrogen functional groups attached to an aromatic ring is 1. The highest BCUT2D eigenvalue weighted by Crippen LogP contribution is 2.27. The molecule has 0 saturated carbocycles. The minimum atomic E-state index is -0.432. The molecule has 1 aromatic rings. The first-order valence-electron chi connectivity index (χ1n) is 7.05. The highest BCUT2D eigenvalue weighted by molar-refractivity contribution is 5.62. The molecule has 0 amide bonds. The number of likely N-dealkylation sites (tertiary alicyclic amines) is 1. The summed E-state index contributed by atoms with van der Waals surface area (Å²) >= 11 is 0. The Hall–Kier alpha value is -1.70. The van der Waals surface area contributed by atoms with Gasteiger partial charge in [0, 0.05) is 31.7 Å². The summed E-state index contributed by atoms with van der Waals surface area (Å²) < 4.78 is 0. The lowest BCUT2D eigenvalue weighted by molar-refractivity contribution is -0.384. The zero-order chi connectivity index (χ0) is 15.6.